The zero-order chi connectivity index (χ0) is 19.4. The zero-order valence-corrected chi connectivity index (χ0v) is 17.8. The van der Waals surface area contributed by atoms with Crippen molar-refractivity contribution in [3.63, 3.8) is 0 Å². The van der Waals surface area contributed by atoms with Crippen LogP contribution < -0.4 is 10.2 Å². The molecule has 1 amide bonds. The molecule has 0 spiro atoms. The van der Waals surface area contributed by atoms with E-state index >= 15 is 0 Å². The van der Waals surface area contributed by atoms with Gasteiger partial charge in [-0.1, -0.05) is 39.7 Å². The van der Waals surface area contributed by atoms with Crippen molar-refractivity contribution in [1.29, 1.82) is 0 Å². The second-order valence-corrected chi connectivity index (χ2v) is 9.95. The predicted molar refractivity (Wildman–Crippen MR) is 113 cm³/mol. The Morgan fingerprint density at radius 1 is 1.11 bits per heavy atom. The molecular formula is C19H20BrClN2O3S. The molecule has 27 heavy (non-hydrogen) atoms. The summed E-state index contributed by atoms with van der Waals surface area (Å²) in [5.74, 6) is -1.33. The Kier molecular flexibility index (Phi) is 6.44. The summed E-state index contributed by atoms with van der Waals surface area (Å²) in [6.07, 6.45) is 2.29. The summed E-state index contributed by atoms with van der Waals surface area (Å²) in [5.41, 5.74) is 2.07. The molecule has 2 aromatic carbocycles. The van der Waals surface area contributed by atoms with E-state index in [-0.39, 0.29) is 5.75 Å². The molecule has 0 bridgehead atoms. The van der Waals surface area contributed by atoms with Gasteiger partial charge in [0.25, 0.3) is 0 Å². The minimum absolute atomic E-state index is 0.178. The summed E-state index contributed by atoms with van der Waals surface area (Å²) in [6, 6.07) is 12.3. The standard InChI is InChI=1S/C19H20BrClN2O3S/c20-15-5-3-14(4-6-15)12-27(25,26)13-19(24)22-16-7-8-18(17(21)11-16)23-9-1-2-10-23/h3-8,11H,1-2,9-10,12-13H2,(H,22,24). The molecule has 0 aromatic heterocycles. The number of carbonyl (C=O) groups excluding carboxylic acids is 1. The van der Waals surface area contributed by atoms with Gasteiger partial charge < -0.3 is 10.2 Å². The number of nitrogens with zero attached hydrogens (tertiary/aromatic N) is 1. The Bertz CT molecular complexity index is 926. The van der Waals surface area contributed by atoms with Crippen LogP contribution in [0.5, 0.6) is 0 Å². The van der Waals surface area contributed by atoms with Gasteiger partial charge in [0.05, 0.1) is 16.5 Å². The lowest BCUT2D eigenvalue weighted by Crippen LogP contribution is -2.24. The number of nitrogens with one attached hydrogen (secondary N) is 1. The fourth-order valence-corrected chi connectivity index (χ4v) is 4.92. The molecule has 0 saturated carbocycles. The number of amides is 1. The van der Waals surface area contributed by atoms with Crippen LogP contribution in [-0.4, -0.2) is 33.2 Å². The minimum atomic E-state index is -3.57. The summed E-state index contributed by atoms with van der Waals surface area (Å²) < 4.78 is 25.4. The molecule has 0 aliphatic carbocycles. The highest BCUT2D eigenvalue weighted by Crippen LogP contribution is 2.31. The van der Waals surface area contributed by atoms with Crippen molar-refractivity contribution in [1.82, 2.24) is 0 Å². The fraction of sp³-hybridized carbons (Fsp3) is 0.316. The second kappa shape index (κ2) is 8.63. The van der Waals surface area contributed by atoms with Gasteiger partial charge in [-0.15, -0.1) is 0 Å². The first kappa shape index (κ1) is 20.2. The van der Waals surface area contributed by atoms with E-state index < -0.39 is 21.5 Å². The number of carbonyl (C=O) groups is 1. The average molecular weight is 472 g/mol. The van der Waals surface area contributed by atoms with E-state index in [1.165, 1.54) is 0 Å². The molecule has 3 rings (SSSR count). The van der Waals surface area contributed by atoms with Crippen LogP contribution in [0, 0.1) is 0 Å². The van der Waals surface area contributed by atoms with Gasteiger partial charge in [0, 0.05) is 23.2 Å². The molecule has 144 valence electrons. The monoisotopic (exact) mass is 470 g/mol. The van der Waals surface area contributed by atoms with Crippen molar-refractivity contribution >= 4 is 54.7 Å². The molecule has 0 radical (unpaired) electrons. The number of halogens is 2. The van der Waals surface area contributed by atoms with Crippen LogP contribution in [0.4, 0.5) is 11.4 Å². The Morgan fingerprint density at radius 3 is 2.41 bits per heavy atom. The van der Waals surface area contributed by atoms with E-state index in [1.807, 2.05) is 6.07 Å². The number of anilines is 2. The quantitative estimate of drug-likeness (QED) is 0.684. The minimum Gasteiger partial charge on any atom is -0.370 e. The normalized spacial score (nSPS) is 14.4. The van der Waals surface area contributed by atoms with Crippen molar-refractivity contribution in [2.24, 2.45) is 0 Å². The molecule has 0 unspecified atom stereocenters. The van der Waals surface area contributed by atoms with E-state index in [9.17, 15) is 13.2 Å². The van der Waals surface area contributed by atoms with Gasteiger partial charge in [0.2, 0.25) is 5.91 Å². The molecule has 1 aliphatic heterocycles. The summed E-state index contributed by atoms with van der Waals surface area (Å²) in [5, 5.41) is 3.17. The molecule has 5 nitrogen and oxygen atoms in total. The van der Waals surface area contributed by atoms with Crippen molar-refractivity contribution in [3.8, 4) is 0 Å². The molecule has 0 atom stereocenters. The molecule has 1 aliphatic rings. The summed E-state index contributed by atoms with van der Waals surface area (Å²) in [4.78, 5) is 14.4. The fourth-order valence-electron chi connectivity index (χ4n) is 3.08. The number of sulfone groups is 1. The molecule has 1 fully saturated rings. The van der Waals surface area contributed by atoms with E-state index in [0.717, 1.165) is 36.1 Å². The molecular weight excluding hydrogens is 452 g/mol. The van der Waals surface area contributed by atoms with Crippen LogP contribution in [0.2, 0.25) is 5.02 Å². The first-order chi connectivity index (χ1) is 12.8. The van der Waals surface area contributed by atoms with Gasteiger partial charge in [-0.3, -0.25) is 4.79 Å². The second-order valence-electron chi connectivity index (χ2n) is 6.57. The highest BCUT2D eigenvalue weighted by Gasteiger charge is 2.19. The Hall–Kier alpha value is -1.57. The highest BCUT2D eigenvalue weighted by molar-refractivity contribution is 9.10. The summed E-state index contributed by atoms with van der Waals surface area (Å²) >= 11 is 9.64. The van der Waals surface area contributed by atoms with Crippen LogP contribution in [0.25, 0.3) is 0 Å². The molecule has 1 saturated heterocycles. The molecule has 1 heterocycles. The largest absolute Gasteiger partial charge is 0.370 e. The lowest BCUT2D eigenvalue weighted by atomic mass is 10.2. The van der Waals surface area contributed by atoms with Crippen LogP contribution in [0.15, 0.2) is 46.9 Å². The molecule has 8 heteroatoms. The summed E-state index contributed by atoms with van der Waals surface area (Å²) in [7, 11) is -3.57. The number of hydrogen-bond acceptors (Lipinski definition) is 4. The Morgan fingerprint density at radius 2 is 1.78 bits per heavy atom. The van der Waals surface area contributed by atoms with Crippen molar-refractivity contribution in [2.45, 2.75) is 18.6 Å². The molecule has 2 aromatic rings. The summed E-state index contributed by atoms with van der Waals surface area (Å²) in [6.45, 7) is 1.94. The van der Waals surface area contributed by atoms with Crippen LogP contribution in [-0.2, 0) is 20.4 Å². The first-order valence-corrected chi connectivity index (χ1v) is 11.6. The van der Waals surface area contributed by atoms with Crippen LogP contribution in [0.3, 0.4) is 0 Å². The van der Waals surface area contributed by atoms with Gasteiger partial charge in [0.15, 0.2) is 9.84 Å². The number of rotatable bonds is 6. The third kappa shape index (κ3) is 5.70. The van der Waals surface area contributed by atoms with Crippen molar-refractivity contribution < 1.29 is 13.2 Å². The van der Waals surface area contributed by atoms with Crippen LogP contribution >= 0.6 is 27.5 Å². The Balaban J connectivity index is 1.61. The van der Waals surface area contributed by atoms with E-state index in [0.29, 0.717) is 16.3 Å². The predicted octanol–water partition coefficient (Wildman–Crippen LogP) is 4.26. The SMILES string of the molecule is O=C(CS(=O)(=O)Cc1ccc(Br)cc1)Nc1ccc(N2CCCC2)c(Cl)c1. The lowest BCUT2D eigenvalue weighted by molar-refractivity contribution is -0.113. The Labute approximate surface area is 172 Å². The smallest absolute Gasteiger partial charge is 0.239 e. The van der Waals surface area contributed by atoms with E-state index in [4.69, 9.17) is 11.6 Å². The third-order valence-electron chi connectivity index (χ3n) is 4.33. The van der Waals surface area contributed by atoms with Gasteiger partial charge in [-0.05, 0) is 48.7 Å². The average Bonchev–Trinajstić information content (AvgIpc) is 3.10. The lowest BCUT2D eigenvalue weighted by Gasteiger charge is -2.19. The maximum atomic E-state index is 12.3. The first-order valence-electron chi connectivity index (χ1n) is 8.62. The number of benzene rings is 2. The zero-order valence-electron chi connectivity index (χ0n) is 14.6. The number of hydrogen-bond donors (Lipinski definition) is 1. The van der Waals surface area contributed by atoms with Crippen molar-refractivity contribution in [2.75, 3.05) is 29.1 Å². The van der Waals surface area contributed by atoms with Gasteiger partial charge in [-0.25, -0.2) is 8.42 Å². The van der Waals surface area contributed by atoms with Gasteiger partial charge >= 0.3 is 0 Å². The van der Waals surface area contributed by atoms with Gasteiger partial charge in [0.1, 0.15) is 5.75 Å². The maximum Gasteiger partial charge on any atom is 0.239 e. The van der Waals surface area contributed by atoms with Gasteiger partial charge in [-0.2, -0.15) is 0 Å². The van der Waals surface area contributed by atoms with E-state index in [2.05, 4.69) is 26.1 Å². The topological polar surface area (TPSA) is 66.5 Å². The van der Waals surface area contributed by atoms with Crippen molar-refractivity contribution in [3.05, 3.63) is 57.5 Å². The van der Waals surface area contributed by atoms with E-state index in [1.54, 1.807) is 36.4 Å². The van der Waals surface area contributed by atoms with Crippen LogP contribution in [0.1, 0.15) is 18.4 Å². The molecule has 1 N–H and O–H groups in total. The third-order valence-corrected chi connectivity index (χ3v) is 6.64. The highest BCUT2D eigenvalue weighted by atomic mass is 79.9. The maximum absolute atomic E-state index is 12.3.